The fraction of sp³-hybridized carbons (Fsp3) is 0.600. The van der Waals surface area contributed by atoms with Gasteiger partial charge in [0.05, 0.1) is 12.8 Å². The molecule has 0 fully saturated rings. The summed E-state index contributed by atoms with van der Waals surface area (Å²) in [5.41, 5.74) is 1.93. The number of halogens is 1. The van der Waals surface area contributed by atoms with Crippen LogP contribution in [0.4, 0.5) is 0 Å². The topological polar surface area (TPSA) is 35.0 Å². The van der Waals surface area contributed by atoms with Crippen LogP contribution in [0, 0.1) is 6.92 Å². The SMILES string of the molecule is COc1ncnc(C(C)C(C)Cl)c1C. The van der Waals surface area contributed by atoms with Crippen molar-refractivity contribution in [1.82, 2.24) is 9.97 Å². The van der Waals surface area contributed by atoms with Crippen molar-refractivity contribution >= 4 is 11.6 Å². The van der Waals surface area contributed by atoms with Gasteiger partial charge in [0.15, 0.2) is 0 Å². The van der Waals surface area contributed by atoms with Crippen molar-refractivity contribution in [2.75, 3.05) is 7.11 Å². The molecule has 0 aliphatic carbocycles. The van der Waals surface area contributed by atoms with E-state index in [9.17, 15) is 0 Å². The van der Waals surface area contributed by atoms with E-state index >= 15 is 0 Å². The van der Waals surface area contributed by atoms with Crippen LogP contribution in [0.1, 0.15) is 31.0 Å². The molecule has 0 spiro atoms. The summed E-state index contributed by atoms with van der Waals surface area (Å²) >= 11 is 6.03. The zero-order valence-corrected chi connectivity index (χ0v) is 9.67. The van der Waals surface area contributed by atoms with E-state index in [-0.39, 0.29) is 11.3 Å². The molecule has 2 unspecified atom stereocenters. The largest absolute Gasteiger partial charge is 0.481 e. The number of alkyl halides is 1. The number of hydrogen-bond donors (Lipinski definition) is 0. The lowest BCUT2D eigenvalue weighted by atomic mass is 10.0. The predicted molar refractivity (Wildman–Crippen MR) is 57.1 cm³/mol. The summed E-state index contributed by atoms with van der Waals surface area (Å²) in [6.45, 7) is 5.95. The molecule has 3 nitrogen and oxygen atoms in total. The zero-order valence-electron chi connectivity index (χ0n) is 8.91. The highest BCUT2D eigenvalue weighted by molar-refractivity contribution is 6.20. The van der Waals surface area contributed by atoms with Crippen molar-refractivity contribution < 1.29 is 4.74 Å². The Balaban J connectivity index is 3.09. The first-order chi connectivity index (χ1) is 6.57. The van der Waals surface area contributed by atoms with Gasteiger partial charge in [0.2, 0.25) is 5.88 Å². The van der Waals surface area contributed by atoms with Gasteiger partial charge in [-0.1, -0.05) is 6.92 Å². The van der Waals surface area contributed by atoms with Gasteiger partial charge in [-0.3, -0.25) is 0 Å². The Labute approximate surface area is 89.5 Å². The first kappa shape index (κ1) is 11.2. The van der Waals surface area contributed by atoms with E-state index in [1.54, 1.807) is 7.11 Å². The van der Waals surface area contributed by atoms with E-state index < -0.39 is 0 Å². The number of ether oxygens (including phenoxy) is 1. The summed E-state index contributed by atoms with van der Waals surface area (Å²) in [5.74, 6) is 0.827. The van der Waals surface area contributed by atoms with Crippen LogP contribution >= 0.6 is 11.6 Å². The fourth-order valence-electron chi connectivity index (χ4n) is 1.33. The van der Waals surface area contributed by atoms with E-state index in [4.69, 9.17) is 16.3 Å². The van der Waals surface area contributed by atoms with E-state index in [0.29, 0.717) is 5.88 Å². The number of methoxy groups -OCH3 is 1. The molecule has 1 aromatic rings. The van der Waals surface area contributed by atoms with E-state index in [2.05, 4.69) is 9.97 Å². The fourth-order valence-corrected chi connectivity index (χ4v) is 1.45. The minimum atomic E-state index is 0.0494. The van der Waals surface area contributed by atoms with Crippen LogP contribution in [0.15, 0.2) is 6.33 Å². The number of rotatable bonds is 3. The molecule has 0 amide bonds. The van der Waals surface area contributed by atoms with Crippen molar-refractivity contribution in [3.8, 4) is 5.88 Å². The van der Waals surface area contributed by atoms with Crippen LogP contribution in [0.25, 0.3) is 0 Å². The summed E-state index contributed by atoms with van der Waals surface area (Å²) in [5, 5.41) is 0.0494. The van der Waals surface area contributed by atoms with Gasteiger partial charge in [-0.25, -0.2) is 9.97 Å². The lowest BCUT2D eigenvalue weighted by molar-refractivity contribution is 0.391. The second-order valence-electron chi connectivity index (χ2n) is 3.36. The van der Waals surface area contributed by atoms with Gasteiger partial charge >= 0.3 is 0 Å². The Morgan fingerprint density at radius 3 is 2.50 bits per heavy atom. The Bertz CT molecular complexity index is 315. The molecule has 0 saturated heterocycles. The van der Waals surface area contributed by atoms with Crippen molar-refractivity contribution in [1.29, 1.82) is 0 Å². The number of nitrogens with zero attached hydrogens (tertiary/aromatic N) is 2. The molecule has 14 heavy (non-hydrogen) atoms. The second-order valence-corrected chi connectivity index (χ2v) is 4.05. The standard InChI is InChI=1S/C10H15ClN2O/c1-6(8(3)11)9-7(2)10(14-4)13-5-12-9/h5-6,8H,1-4H3. The summed E-state index contributed by atoms with van der Waals surface area (Å²) in [4.78, 5) is 8.26. The van der Waals surface area contributed by atoms with Gasteiger partial charge in [0, 0.05) is 16.9 Å². The van der Waals surface area contributed by atoms with Gasteiger partial charge in [-0.2, -0.15) is 0 Å². The molecule has 4 heteroatoms. The predicted octanol–water partition coefficient (Wildman–Crippen LogP) is 2.52. The Kier molecular flexibility index (Phi) is 3.69. The lowest BCUT2D eigenvalue weighted by Gasteiger charge is -2.16. The molecule has 1 rings (SSSR count). The second kappa shape index (κ2) is 4.60. The van der Waals surface area contributed by atoms with Crippen molar-refractivity contribution in [2.24, 2.45) is 0 Å². The monoisotopic (exact) mass is 214 g/mol. The number of aromatic nitrogens is 2. The van der Waals surface area contributed by atoms with Crippen LogP contribution in [-0.2, 0) is 0 Å². The first-order valence-electron chi connectivity index (χ1n) is 4.57. The highest BCUT2D eigenvalue weighted by atomic mass is 35.5. The van der Waals surface area contributed by atoms with Gasteiger partial charge in [-0.05, 0) is 13.8 Å². The normalized spacial score (nSPS) is 14.9. The van der Waals surface area contributed by atoms with Crippen LogP contribution in [0.5, 0.6) is 5.88 Å². The van der Waals surface area contributed by atoms with E-state index in [1.165, 1.54) is 6.33 Å². The van der Waals surface area contributed by atoms with E-state index in [0.717, 1.165) is 11.3 Å². The minimum Gasteiger partial charge on any atom is -0.481 e. The molecule has 0 aliphatic heterocycles. The quantitative estimate of drug-likeness (QED) is 0.726. The molecule has 1 aromatic heterocycles. The molecule has 0 bridgehead atoms. The van der Waals surface area contributed by atoms with Gasteiger partial charge in [0.25, 0.3) is 0 Å². The molecule has 0 N–H and O–H groups in total. The van der Waals surface area contributed by atoms with E-state index in [1.807, 2.05) is 20.8 Å². The number of hydrogen-bond acceptors (Lipinski definition) is 3. The molecule has 1 heterocycles. The van der Waals surface area contributed by atoms with Crippen molar-refractivity contribution in [3.63, 3.8) is 0 Å². The minimum absolute atomic E-state index is 0.0494. The smallest absolute Gasteiger partial charge is 0.219 e. The first-order valence-corrected chi connectivity index (χ1v) is 5.01. The maximum atomic E-state index is 6.03. The molecule has 0 saturated carbocycles. The molecule has 0 aliphatic rings. The van der Waals surface area contributed by atoms with Gasteiger partial charge in [-0.15, -0.1) is 11.6 Å². The molecule has 0 aromatic carbocycles. The molecular weight excluding hydrogens is 200 g/mol. The third kappa shape index (κ3) is 2.15. The maximum absolute atomic E-state index is 6.03. The summed E-state index contributed by atoms with van der Waals surface area (Å²) in [6.07, 6.45) is 1.51. The average molecular weight is 215 g/mol. The van der Waals surface area contributed by atoms with Gasteiger partial charge < -0.3 is 4.74 Å². The maximum Gasteiger partial charge on any atom is 0.219 e. The Morgan fingerprint density at radius 1 is 1.36 bits per heavy atom. The lowest BCUT2D eigenvalue weighted by Crippen LogP contribution is -2.10. The summed E-state index contributed by atoms with van der Waals surface area (Å²) < 4.78 is 5.12. The molecule has 78 valence electrons. The average Bonchev–Trinajstić information content (AvgIpc) is 2.17. The van der Waals surface area contributed by atoms with Crippen molar-refractivity contribution in [3.05, 3.63) is 17.6 Å². The third-order valence-corrected chi connectivity index (χ3v) is 2.77. The highest BCUT2D eigenvalue weighted by Crippen LogP contribution is 2.27. The van der Waals surface area contributed by atoms with Crippen molar-refractivity contribution in [2.45, 2.75) is 32.1 Å². The Hall–Kier alpha value is -0.830. The van der Waals surface area contributed by atoms with Crippen LogP contribution < -0.4 is 4.74 Å². The summed E-state index contributed by atoms with van der Waals surface area (Å²) in [6, 6.07) is 0. The molecular formula is C10H15ClN2O. The van der Waals surface area contributed by atoms with Gasteiger partial charge in [0.1, 0.15) is 6.33 Å². The Morgan fingerprint density at radius 2 is 2.00 bits per heavy atom. The third-order valence-electron chi connectivity index (χ3n) is 2.39. The molecule has 0 radical (unpaired) electrons. The van der Waals surface area contributed by atoms with Crippen LogP contribution in [0.3, 0.4) is 0 Å². The zero-order chi connectivity index (χ0) is 10.7. The van der Waals surface area contributed by atoms with Crippen LogP contribution in [-0.4, -0.2) is 22.5 Å². The highest BCUT2D eigenvalue weighted by Gasteiger charge is 2.17. The summed E-state index contributed by atoms with van der Waals surface area (Å²) in [7, 11) is 1.61. The molecule has 2 atom stereocenters. The van der Waals surface area contributed by atoms with Crippen LogP contribution in [0.2, 0.25) is 0 Å².